The molecule has 0 bridgehead atoms. The Labute approximate surface area is 172 Å². The Morgan fingerprint density at radius 3 is 2.73 bits per heavy atom. The van der Waals surface area contributed by atoms with E-state index in [2.05, 4.69) is 10.1 Å². The van der Waals surface area contributed by atoms with Gasteiger partial charge in [-0.05, 0) is 42.6 Å². The Kier molecular flexibility index (Phi) is 5.36. The fourth-order valence-electron chi connectivity index (χ4n) is 4.08. The van der Waals surface area contributed by atoms with Crippen LogP contribution in [0, 0.1) is 5.92 Å². The summed E-state index contributed by atoms with van der Waals surface area (Å²) >= 11 is 0. The molecule has 1 unspecified atom stereocenters. The number of Topliss-reactive ketones (excluding diaryl/α,β-unsaturated/α-hetero) is 1. The fraction of sp³-hybridized carbons (Fsp3) is 0.409. The summed E-state index contributed by atoms with van der Waals surface area (Å²) in [6.45, 7) is 2.56. The van der Waals surface area contributed by atoms with Crippen molar-refractivity contribution < 1.29 is 18.0 Å². The number of carbonyl (C=O) groups excluding carboxylic acids is 1. The number of rotatable bonds is 4. The van der Waals surface area contributed by atoms with Crippen molar-refractivity contribution in [3.63, 3.8) is 0 Å². The van der Waals surface area contributed by atoms with Crippen LogP contribution in [0.3, 0.4) is 0 Å². The molecule has 3 heterocycles. The first-order valence-corrected chi connectivity index (χ1v) is 9.93. The van der Waals surface area contributed by atoms with E-state index < -0.39 is 12.1 Å². The van der Waals surface area contributed by atoms with Crippen LogP contribution < -0.4 is 0 Å². The molecule has 158 valence electrons. The Bertz CT molecular complexity index is 1090. The highest BCUT2D eigenvalue weighted by atomic mass is 19.4. The number of piperidine rings is 1. The number of hydrogen-bond acceptors (Lipinski definition) is 4. The third-order valence-electron chi connectivity index (χ3n) is 5.63. The minimum absolute atomic E-state index is 0.0172. The van der Waals surface area contributed by atoms with E-state index in [1.807, 2.05) is 36.3 Å². The van der Waals surface area contributed by atoms with Gasteiger partial charge in [-0.25, -0.2) is 4.98 Å². The summed E-state index contributed by atoms with van der Waals surface area (Å²) in [4.78, 5) is 18.4. The molecule has 1 saturated heterocycles. The van der Waals surface area contributed by atoms with Gasteiger partial charge in [0.05, 0.1) is 17.6 Å². The number of pyridine rings is 1. The zero-order chi connectivity index (χ0) is 21.5. The van der Waals surface area contributed by atoms with Gasteiger partial charge in [0.2, 0.25) is 0 Å². The van der Waals surface area contributed by atoms with Gasteiger partial charge in [-0.3, -0.25) is 14.4 Å². The highest BCUT2D eigenvalue weighted by Gasteiger charge is 2.41. The Hall–Kier alpha value is -2.74. The van der Waals surface area contributed by atoms with E-state index in [0.717, 1.165) is 22.1 Å². The van der Waals surface area contributed by atoms with Crippen LogP contribution in [-0.2, 0) is 13.6 Å². The van der Waals surface area contributed by atoms with E-state index in [1.54, 1.807) is 16.9 Å². The van der Waals surface area contributed by atoms with E-state index in [4.69, 9.17) is 0 Å². The number of hydrogen-bond donors (Lipinski definition) is 0. The van der Waals surface area contributed by atoms with Gasteiger partial charge in [0.25, 0.3) is 0 Å². The van der Waals surface area contributed by atoms with Crippen molar-refractivity contribution in [1.82, 2.24) is 19.7 Å². The lowest BCUT2D eigenvalue weighted by atomic mass is 9.96. The van der Waals surface area contributed by atoms with Gasteiger partial charge >= 0.3 is 6.18 Å². The van der Waals surface area contributed by atoms with Gasteiger partial charge < -0.3 is 0 Å². The summed E-state index contributed by atoms with van der Waals surface area (Å²) in [6, 6.07) is 7.49. The number of benzene rings is 1. The van der Waals surface area contributed by atoms with Gasteiger partial charge in [-0.1, -0.05) is 12.1 Å². The van der Waals surface area contributed by atoms with Crippen LogP contribution in [0.5, 0.6) is 0 Å². The van der Waals surface area contributed by atoms with Gasteiger partial charge in [0.1, 0.15) is 5.69 Å². The number of fused-ring (bicyclic) bond motifs is 1. The molecule has 0 aliphatic carbocycles. The first-order chi connectivity index (χ1) is 14.2. The van der Waals surface area contributed by atoms with Crippen molar-refractivity contribution >= 4 is 16.7 Å². The predicted molar refractivity (Wildman–Crippen MR) is 108 cm³/mol. The molecule has 1 aliphatic heterocycles. The van der Waals surface area contributed by atoms with Crippen molar-refractivity contribution in [2.45, 2.75) is 32.5 Å². The SMILES string of the molecule is CC(=O)c1cc(-c2cnn(C)c2)c2ccc(CN3CCCC(C(F)(F)F)C3)cc2n1. The molecule has 5 nitrogen and oxygen atoms in total. The summed E-state index contributed by atoms with van der Waals surface area (Å²) in [5, 5.41) is 5.09. The summed E-state index contributed by atoms with van der Waals surface area (Å²) in [5.41, 5.74) is 3.64. The number of alkyl halides is 3. The lowest BCUT2D eigenvalue weighted by Gasteiger charge is -2.33. The average Bonchev–Trinajstić information content (AvgIpc) is 3.12. The highest BCUT2D eigenvalue weighted by molar-refractivity contribution is 6.01. The molecule has 0 N–H and O–H groups in total. The number of carbonyl (C=O) groups is 1. The van der Waals surface area contributed by atoms with Crippen molar-refractivity contribution in [3.8, 4) is 11.1 Å². The fourth-order valence-corrected chi connectivity index (χ4v) is 4.08. The molecule has 0 spiro atoms. The Balaban J connectivity index is 1.67. The van der Waals surface area contributed by atoms with Crippen molar-refractivity contribution in [2.75, 3.05) is 13.1 Å². The summed E-state index contributed by atoms with van der Waals surface area (Å²) < 4.78 is 41.0. The maximum Gasteiger partial charge on any atom is 0.393 e. The topological polar surface area (TPSA) is 51.0 Å². The highest BCUT2D eigenvalue weighted by Crippen LogP contribution is 2.34. The third kappa shape index (κ3) is 4.23. The lowest BCUT2D eigenvalue weighted by Crippen LogP contribution is -2.41. The molecule has 0 saturated carbocycles. The van der Waals surface area contributed by atoms with E-state index in [0.29, 0.717) is 30.7 Å². The average molecular weight is 416 g/mol. The molecule has 1 atom stereocenters. The largest absolute Gasteiger partial charge is 0.393 e. The minimum Gasteiger partial charge on any atom is -0.298 e. The maximum absolute atomic E-state index is 13.1. The first kappa shape index (κ1) is 20.5. The monoisotopic (exact) mass is 416 g/mol. The molecule has 30 heavy (non-hydrogen) atoms. The van der Waals surface area contributed by atoms with Crippen LogP contribution in [0.2, 0.25) is 0 Å². The van der Waals surface area contributed by atoms with Crippen molar-refractivity contribution in [3.05, 3.63) is 47.9 Å². The number of likely N-dealkylation sites (tertiary alicyclic amines) is 1. The predicted octanol–water partition coefficient (Wildman–Crippen LogP) is 4.61. The Morgan fingerprint density at radius 2 is 2.07 bits per heavy atom. The molecule has 1 aromatic carbocycles. The molecular weight excluding hydrogens is 393 g/mol. The molecule has 0 amide bonds. The lowest BCUT2D eigenvalue weighted by molar-refractivity contribution is -0.187. The summed E-state index contributed by atoms with van der Waals surface area (Å²) in [5.74, 6) is -1.41. The van der Waals surface area contributed by atoms with Crippen LogP contribution in [0.15, 0.2) is 36.7 Å². The summed E-state index contributed by atoms with van der Waals surface area (Å²) in [7, 11) is 1.82. The number of aromatic nitrogens is 3. The standard InChI is InChI=1S/C22H23F3N4O/c1-14(30)20-9-19(16-10-26-28(2)12-16)18-6-5-15(8-21(18)27-20)11-29-7-3-4-17(13-29)22(23,24)25/h5-6,8-10,12,17H,3-4,7,11,13H2,1-2H3. The van der Waals surface area contributed by atoms with E-state index in [9.17, 15) is 18.0 Å². The molecule has 1 aliphatic rings. The second-order valence-corrected chi connectivity index (χ2v) is 7.98. The zero-order valence-electron chi connectivity index (χ0n) is 16.9. The molecule has 0 radical (unpaired) electrons. The van der Waals surface area contributed by atoms with E-state index in [1.165, 1.54) is 6.92 Å². The number of aryl methyl sites for hydroxylation is 1. The van der Waals surface area contributed by atoms with Crippen LogP contribution in [0.4, 0.5) is 13.2 Å². The van der Waals surface area contributed by atoms with Gasteiger partial charge in [-0.15, -0.1) is 0 Å². The van der Waals surface area contributed by atoms with Gasteiger partial charge in [0, 0.05) is 44.2 Å². The smallest absolute Gasteiger partial charge is 0.298 e. The number of nitrogens with zero attached hydrogens (tertiary/aromatic N) is 4. The first-order valence-electron chi connectivity index (χ1n) is 9.93. The van der Waals surface area contributed by atoms with Crippen LogP contribution in [-0.4, -0.2) is 44.7 Å². The molecule has 8 heteroatoms. The van der Waals surface area contributed by atoms with Crippen molar-refractivity contribution in [2.24, 2.45) is 13.0 Å². The number of ketones is 1. The minimum atomic E-state index is -4.15. The third-order valence-corrected chi connectivity index (χ3v) is 5.63. The van der Waals surface area contributed by atoms with Crippen LogP contribution in [0.25, 0.3) is 22.0 Å². The molecular formula is C22H23F3N4O. The second kappa shape index (κ2) is 7.83. The quantitative estimate of drug-likeness (QED) is 0.583. The molecule has 3 aromatic rings. The van der Waals surface area contributed by atoms with E-state index in [-0.39, 0.29) is 18.7 Å². The van der Waals surface area contributed by atoms with Gasteiger partial charge in [-0.2, -0.15) is 18.3 Å². The second-order valence-electron chi connectivity index (χ2n) is 7.98. The molecule has 2 aromatic heterocycles. The van der Waals surface area contributed by atoms with Crippen LogP contribution in [0.1, 0.15) is 35.8 Å². The van der Waals surface area contributed by atoms with Crippen LogP contribution >= 0.6 is 0 Å². The maximum atomic E-state index is 13.1. The summed E-state index contributed by atoms with van der Waals surface area (Å²) in [6.07, 6.45) is 0.180. The molecule has 4 rings (SSSR count). The van der Waals surface area contributed by atoms with Gasteiger partial charge in [0.15, 0.2) is 5.78 Å². The van der Waals surface area contributed by atoms with Crippen molar-refractivity contribution in [1.29, 1.82) is 0 Å². The number of halogens is 3. The zero-order valence-corrected chi connectivity index (χ0v) is 16.9. The van der Waals surface area contributed by atoms with E-state index >= 15 is 0 Å². The Morgan fingerprint density at radius 1 is 1.27 bits per heavy atom. The molecule has 1 fully saturated rings. The normalized spacial score (nSPS) is 18.1.